The maximum Gasteiger partial charge on any atom is 0.0419 e. The molecule has 0 bridgehead atoms. The predicted octanol–water partition coefficient (Wildman–Crippen LogP) is 2.57. The lowest BCUT2D eigenvalue weighted by Gasteiger charge is -2.49. The van der Waals surface area contributed by atoms with Crippen molar-refractivity contribution < 1.29 is 0 Å². The fourth-order valence-electron chi connectivity index (χ4n) is 3.72. The number of hydrogen-bond donors (Lipinski definition) is 1. The zero-order valence-corrected chi connectivity index (χ0v) is 13.1. The normalized spacial score (nSPS) is 19.9. The minimum absolute atomic E-state index is 0.417. The van der Waals surface area contributed by atoms with Crippen molar-refractivity contribution in [2.45, 2.75) is 37.8 Å². The van der Waals surface area contributed by atoms with Gasteiger partial charge in [-0.25, -0.2) is 0 Å². The number of fused-ring (bicyclic) bond motifs is 1. The van der Waals surface area contributed by atoms with Crippen LogP contribution in [-0.2, 0) is 13.0 Å². The zero-order chi connectivity index (χ0) is 14.2. The molecule has 1 saturated carbocycles. The van der Waals surface area contributed by atoms with Crippen molar-refractivity contribution in [3.8, 4) is 0 Å². The second-order valence-electron chi connectivity index (χ2n) is 6.77. The van der Waals surface area contributed by atoms with E-state index in [-0.39, 0.29) is 0 Å². The summed E-state index contributed by atoms with van der Waals surface area (Å²) in [5, 5.41) is 3.55. The van der Waals surface area contributed by atoms with Gasteiger partial charge in [0.05, 0.1) is 0 Å². The van der Waals surface area contributed by atoms with Crippen molar-refractivity contribution in [2.75, 3.05) is 39.5 Å². The van der Waals surface area contributed by atoms with Gasteiger partial charge in [-0.3, -0.25) is 0 Å². The van der Waals surface area contributed by atoms with Gasteiger partial charge in [-0.1, -0.05) is 18.2 Å². The van der Waals surface area contributed by atoms with Crippen LogP contribution in [-0.4, -0.2) is 49.6 Å². The van der Waals surface area contributed by atoms with Crippen LogP contribution in [0.4, 0.5) is 5.69 Å². The molecular weight excluding hydrogens is 246 g/mol. The predicted molar refractivity (Wildman–Crippen MR) is 85.2 cm³/mol. The maximum absolute atomic E-state index is 3.55. The van der Waals surface area contributed by atoms with Crippen LogP contribution in [0.25, 0.3) is 0 Å². The second kappa shape index (κ2) is 5.38. The van der Waals surface area contributed by atoms with E-state index in [0.717, 1.165) is 13.1 Å². The molecule has 1 aliphatic carbocycles. The number of anilines is 1. The largest absolute Gasteiger partial charge is 0.384 e. The molecule has 0 saturated heterocycles. The van der Waals surface area contributed by atoms with Gasteiger partial charge in [-0.2, -0.15) is 0 Å². The second-order valence-corrected chi connectivity index (χ2v) is 6.77. The monoisotopic (exact) mass is 273 g/mol. The molecule has 0 unspecified atom stereocenters. The fourth-order valence-corrected chi connectivity index (χ4v) is 3.72. The highest BCUT2D eigenvalue weighted by molar-refractivity contribution is 5.61. The molecule has 1 heterocycles. The Labute approximate surface area is 123 Å². The summed E-state index contributed by atoms with van der Waals surface area (Å²) >= 11 is 0. The third-order valence-corrected chi connectivity index (χ3v) is 5.17. The highest BCUT2D eigenvalue weighted by atomic mass is 15.2. The van der Waals surface area contributed by atoms with Crippen LogP contribution in [0, 0.1) is 0 Å². The van der Waals surface area contributed by atoms with Gasteiger partial charge in [0, 0.05) is 30.9 Å². The Hall–Kier alpha value is -1.06. The third-order valence-electron chi connectivity index (χ3n) is 5.17. The molecule has 0 aromatic heterocycles. The topological polar surface area (TPSA) is 18.5 Å². The van der Waals surface area contributed by atoms with Crippen LogP contribution in [0.3, 0.4) is 0 Å². The first kappa shape index (κ1) is 13.9. The van der Waals surface area contributed by atoms with Crippen LogP contribution in [0.2, 0.25) is 0 Å². The van der Waals surface area contributed by atoms with E-state index in [1.54, 1.807) is 0 Å². The summed E-state index contributed by atoms with van der Waals surface area (Å²) in [6.07, 6.45) is 5.24. The van der Waals surface area contributed by atoms with E-state index < -0.39 is 0 Å². The van der Waals surface area contributed by atoms with Gasteiger partial charge in [0.25, 0.3) is 0 Å². The molecule has 3 heteroatoms. The van der Waals surface area contributed by atoms with Gasteiger partial charge < -0.3 is 15.1 Å². The lowest BCUT2D eigenvalue weighted by molar-refractivity contribution is 0.0259. The first-order valence-electron chi connectivity index (χ1n) is 7.81. The van der Waals surface area contributed by atoms with E-state index >= 15 is 0 Å². The van der Waals surface area contributed by atoms with Gasteiger partial charge in [0.15, 0.2) is 0 Å². The molecule has 1 aliphatic heterocycles. The van der Waals surface area contributed by atoms with Crippen LogP contribution in [0.15, 0.2) is 18.2 Å². The van der Waals surface area contributed by atoms with E-state index in [0.29, 0.717) is 5.54 Å². The van der Waals surface area contributed by atoms with Crippen LogP contribution in [0.5, 0.6) is 0 Å². The van der Waals surface area contributed by atoms with E-state index in [1.165, 1.54) is 49.0 Å². The molecule has 0 atom stereocenters. The fraction of sp³-hybridized carbons (Fsp3) is 0.647. The van der Waals surface area contributed by atoms with E-state index in [1.807, 2.05) is 0 Å². The van der Waals surface area contributed by atoms with Crippen molar-refractivity contribution in [1.82, 2.24) is 9.80 Å². The quantitative estimate of drug-likeness (QED) is 0.889. The van der Waals surface area contributed by atoms with Gasteiger partial charge in [0.1, 0.15) is 0 Å². The van der Waals surface area contributed by atoms with E-state index in [4.69, 9.17) is 0 Å². The lowest BCUT2D eigenvalue weighted by atomic mass is 9.75. The molecule has 1 aromatic rings. The average Bonchev–Trinajstić information content (AvgIpc) is 2.82. The lowest BCUT2D eigenvalue weighted by Crippen LogP contribution is -2.56. The Morgan fingerprint density at radius 3 is 2.65 bits per heavy atom. The molecule has 0 amide bonds. The number of hydrogen-bond acceptors (Lipinski definition) is 3. The summed E-state index contributed by atoms with van der Waals surface area (Å²) in [6.45, 7) is 3.31. The van der Waals surface area contributed by atoms with Crippen molar-refractivity contribution in [1.29, 1.82) is 0 Å². The zero-order valence-electron chi connectivity index (χ0n) is 13.1. The van der Waals surface area contributed by atoms with Crippen LogP contribution in [0.1, 0.15) is 30.4 Å². The highest BCUT2D eigenvalue weighted by Gasteiger charge is 2.39. The Morgan fingerprint density at radius 2 is 2.00 bits per heavy atom. The molecule has 110 valence electrons. The SMILES string of the molecule is CN(Cc1cccc2c1NCC2)CC1(N(C)C)CCC1. The molecular formula is C17H27N3. The Morgan fingerprint density at radius 1 is 1.20 bits per heavy atom. The van der Waals surface area contributed by atoms with Crippen molar-refractivity contribution >= 4 is 5.69 Å². The number of rotatable bonds is 5. The van der Waals surface area contributed by atoms with E-state index in [2.05, 4.69) is 54.5 Å². The maximum atomic E-state index is 3.55. The average molecular weight is 273 g/mol. The van der Waals surface area contributed by atoms with Gasteiger partial charge in [-0.05, 0) is 58.0 Å². The smallest absolute Gasteiger partial charge is 0.0419 e. The molecule has 2 aliphatic rings. The Balaban J connectivity index is 1.68. The van der Waals surface area contributed by atoms with Crippen LogP contribution < -0.4 is 5.32 Å². The van der Waals surface area contributed by atoms with Gasteiger partial charge in [0.2, 0.25) is 0 Å². The van der Waals surface area contributed by atoms with Crippen LogP contribution >= 0.6 is 0 Å². The number of likely N-dealkylation sites (N-methyl/N-ethyl adjacent to an activating group) is 2. The number of benzene rings is 1. The van der Waals surface area contributed by atoms with Crippen molar-refractivity contribution in [2.24, 2.45) is 0 Å². The minimum atomic E-state index is 0.417. The number of nitrogens with zero attached hydrogens (tertiary/aromatic N) is 2. The van der Waals surface area contributed by atoms with Gasteiger partial charge >= 0.3 is 0 Å². The molecule has 1 N–H and O–H groups in total. The molecule has 1 fully saturated rings. The molecule has 0 spiro atoms. The van der Waals surface area contributed by atoms with Gasteiger partial charge in [-0.15, -0.1) is 0 Å². The summed E-state index contributed by atoms with van der Waals surface area (Å²) in [5.74, 6) is 0. The molecule has 3 nitrogen and oxygen atoms in total. The molecule has 0 radical (unpaired) electrons. The highest BCUT2D eigenvalue weighted by Crippen LogP contribution is 2.37. The summed E-state index contributed by atoms with van der Waals surface area (Å²) in [7, 11) is 6.72. The first-order chi connectivity index (χ1) is 9.61. The molecule has 3 rings (SSSR count). The van der Waals surface area contributed by atoms with Crippen molar-refractivity contribution in [3.63, 3.8) is 0 Å². The van der Waals surface area contributed by atoms with Crippen molar-refractivity contribution in [3.05, 3.63) is 29.3 Å². The third kappa shape index (κ3) is 2.45. The Kier molecular flexibility index (Phi) is 3.74. The Bertz CT molecular complexity index is 477. The standard InChI is InChI=1S/C17H27N3/c1-19(2)17(9-5-10-17)13-20(3)12-15-7-4-6-14-8-11-18-16(14)15/h4,6-7,18H,5,8-13H2,1-3H3. The summed E-state index contributed by atoms with van der Waals surface area (Å²) in [4.78, 5) is 4.93. The molecule has 1 aromatic carbocycles. The summed E-state index contributed by atoms with van der Waals surface area (Å²) in [5.41, 5.74) is 4.75. The summed E-state index contributed by atoms with van der Waals surface area (Å²) in [6, 6.07) is 6.74. The first-order valence-corrected chi connectivity index (χ1v) is 7.81. The number of nitrogens with one attached hydrogen (secondary N) is 1. The minimum Gasteiger partial charge on any atom is -0.384 e. The summed E-state index contributed by atoms with van der Waals surface area (Å²) < 4.78 is 0. The van der Waals surface area contributed by atoms with E-state index in [9.17, 15) is 0 Å². The molecule has 20 heavy (non-hydrogen) atoms. The number of para-hydroxylation sites is 1.